The van der Waals surface area contributed by atoms with Gasteiger partial charge in [-0.1, -0.05) is 13.0 Å². The van der Waals surface area contributed by atoms with Gasteiger partial charge < -0.3 is 10.5 Å². The van der Waals surface area contributed by atoms with Crippen LogP contribution < -0.4 is 10.5 Å². The van der Waals surface area contributed by atoms with Gasteiger partial charge in [0.05, 0.1) is 6.61 Å². The zero-order valence-corrected chi connectivity index (χ0v) is 11.0. The Morgan fingerprint density at radius 1 is 1.35 bits per heavy atom. The van der Waals surface area contributed by atoms with Crippen LogP contribution in [0.5, 0.6) is 5.75 Å². The van der Waals surface area contributed by atoms with E-state index in [-0.39, 0.29) is 11.8 Å². The van der Waals surface area contributed by atoms with Crippen LogP contribution in [0.3, 0.4) is 0 Å². The summed E-state index contributed by atoms with van der Waals surface area (Å²) in [5, 5.41) is 0. The molecule has 0 aromatic heterocycles. The molecule has 3 nitrogen and oxygen atoms in total. The zero-order chi connectivity index (χ0) is 13.0. The first-order valence-electron chi connectivity index (χ1n) is 5.98. The van der Waals surface area contributed by atoms with Crippen molar-refractivity contribution in [2.24, 2.45) is 5.73 Å². The second-order valence-electron chi connectivity index (χ2n) is 4.48. The summed E-state index contributed by atoms with van der Waals surface area (Å²) >= 11 is 0. The fraction of sp³-hybridized carbons (Fsp3) is 0.500. The van der Waals surface area contributed by atoms with Gasteiger partial charge >= 0.3 is 0 Å². The molecule has 2 N–H and O–H groups in total. The molecule has 0 saturated heterocycles. The normalized spacial score (nSPS) is 12.2. The molecule has 1 atom stereocenters. The van der Waals surface area contributed by atoms with Crippen LogP contribution in [0.15, 0.2) is 12.1 Å². The molecule has 0 aliphatic rings. The highest BCUT2D eigenvalue weighted by atomic mass is 16.5. The summed E-state index contributed by atoms with van der Waals surface area (Å²) in [5.74, 6) is 0.810. The lowest BCUT2D eigenvalue weighted by Crippen LogP contribution is -2.14. The fourth-order valence-electron chi connectivity index (χ4n) is 2.07. The Kier molecular flexibility index (Phi) is 4.55. The summed E-state index contributed by atoms with van der Waals surface area (Å²) in [6.45, 7) is 8.71. The maximum Gasteiger partial charge on any atom is 0.218 e. The van der Waals surface area contributed by atoms with Crippen molar-refractivity contribution in [1.82, 2.24) is 0 Å². The molecule has 1 rings (SSSR count). The van der Waals surface area contributed by atoms with Crippen molar-refractivity contribution < 1.29 is 9.53 Å². The summed E-state index contributed by atoms with van der Waals surface area (Å²) in [7, 11) is 0. The van der Waals surface area contributed by atoms with Crippen LogP contribution in [0.2, 0.25) is 0 Å². The van der Waals surface area contributed by atoms with Gasteiger partial charge in [-0.05, 0) is 49.4 Å². The van der Waals surface area contributed by atoms with E-state index in [0.717, 1.165) is 16.9 Å². The number of hydrogen-bond acceptors (Lipinski definition) is 2. The zero-order valence-electron chi connectivity index (χ0n) is 11.0. The molecule has 0 spiro atoms. The number of amides is 1. The quantitative estimate of drug-likeness (QED) is 0.853. The molecule has 94 valence electrons. The van der Waals surface area contributed by atoms with Gasteiger partial charge in [0.25, 0.3) is 0 Å². The maximum absolute atomic E-state index is 10.9. The summed E-state index contributed by atoms with van der Waals surface area (Å²) in [6, 6.07) is 4.12. The van der Waals surface area contributed by atoms with Crippen molar-refractivity contribution in [3.63, 3.8) is 0 Å². The number of carbonyl (C=O) groups is 1. The number of ether oxygens (including phenoxy) is 1. The third kappa shape index (κ3) is 3.48. The van der Waals surface area contributed by atoms with E-state index in [0.29, 0.717) is 13.0 Å². The monoisotopic (exact) mass is 235 g/mol. The highest BCUT2D eigenvalue weighted by Crippen LogP contribution is 2.29. The Bertz CT molecular complexity index is 413. The molecule has 1 amide bonds. The Morgan fingerprint density at radius 2 is 2.00 bits per heavy atom. The average molecular weight is 235 g/mol. The van der Waals surface area contributed by atoms with Gasteiger partial charge in [0.1, 0.15) is 5.75 Å². The van der Waals surface area contributed by atoms with Crippen LogP contribution >= 0.6 is 0 Å². The predicted octanol–water partition coefficient (Wildman–Crippen LogP) is 2.68. The van der Waals surface area contributed by atoms with E-state index >= 15 is 0 Å². The van der Waals surface area contributed by atoms with E-state index in [1.165, 1.54) is 5.56 Å². The van der Waals surface area contributed by atoms with Crippen molar-refractivity contribution >= 4 is 5.91 Å². The topological polar surface area (TPSA) is 52.3 Å². The lowest BCUT2D eigenvalue weighted by atomic mass is 9.91. The number of aryl methyl sites for hydroxylation is 2. The average Bonchev–Trinajstić information content (AvgIpc) is 2.22. The molecule has 3 heteroatoms. The number of nitrogens with two attached hydrogens (primary N) is 1. The van der Waals surface area contributed by atoms with Crippen molar-refractivity contribution in [1.29, 1.82) is 0 Å². The number of primary amides is 1. The molecule has 1 aromatic rings. The van der Waals surface area contributed by atoms with Gasteiger partial charge in [0, 0.05) is 6.42 Å². The Labute approximate surface area is 103 Å². The molecule has 17 heavy (non-hydrogen) atoms. The number of carbonyl (C=O) groups excluding carboxylic acids is 1. The molecule has 0 aliphatic heterocycles. The fourth-order valence-corrected chi connectivity index (χ4v) is 2.07. The van der Waals surface area contributed by atoms with E-state index in [1.807, 2.05) is 33.8 Å². The molecule has 1 aromatic carbocycles. The molecule has 0 radical (unpaired) electrons. The van der Waals surface area contributed by atoms with Crippen LogP contribution in [0.25, 0.3) is 0 Å². The van der Waals surface area contributed by atoms with E-state index in [4.69, 9.17) is 10.5 Å². The van der Waals surface area contributed by atoms with Crippen molar-refractivity contribution in [3.8, 4) is 5.75 Å². The Balaban J connectivity index is 3.02. The van der Waals surface area contributed by atoms with Gasteiger partial charge in [-0.2, -0.15) is 0 Å². The lowest BCUT2D eigenvalue weighted by molar-refractivity contribution is -0.118. The number of benzene rings is 1. The minimum absolute atomic E-state index is 0.155. The van der Waals surface area contributed by atoms with E-state index in [1.54, 1.807) is 0 Å². The Morgan fingerprint density at radius 3 is 2.53 bits per heavy atom. The van der Waals surface area contributed by atoms with Gasteiger partial charge in [-0.3, -0.25) is 4.79 Å². The first-order valence-corrected chi connectivity index (χ1v) is 5.98. The molecule has 0 heterocycles. The molecule has 0 fully saturated rings. The third-order valence-corrected chi connectivity index (χ3v) is 2.90. The smallest absolute Gasteiger partial charge is 0.218 e. The molecule has 1 unspecified atom stereocenters. The summed E-state index contributed by atoms with van der Waals surface area (Å²) in [6.07, 6.45) is 0.383. The highest BCUT2D eigenvalue weighted by molar-refractivity contribution is 5.74. The van der Waals surface area contributed by atoms with Gasteiger partial charge in [-0.15, -0.1) is 0 Å². The SMILES string of the molecule is CCOc1cc(C)c(C(C)CC(N)=O)cc1C. The molecule has 0 aliphatic carbocycles. The first-order chi connectivity index (χ1) is 7.95. The summed E-state index contributed by atoms with van der Waals surface area (Å²) in [5.41, 5.74) is 8.65. The van der Waals surface area contributed by atoms with Crippen LogP contribution in [0, 0.1) is 13.8 Å². The lowest BCUT2D eigenvalue weighted by Gasteiger charge is -2.16. The number of rotatable bonds is 5. The number of hydrogen-bond donors (Lipinski definition) is 1. The highest BCUT2D eigenvalue weighted by Gasteiger charge is 2.13. The van der Waals surface area contributed by atoms with E-state index in [2.05, 4.69) is 6.07 Å². The molecule has 0 bridgehead atoms. The first kappa shape index (κ1) is 13.6. The summed E-state index contributed by atoms with van der Waals surface area (Å²) < 4.78 is 5.54. The van der Waals surface area contributed by atoms with Gasteiger partial charge in [-0.25, -0.2) is 0 Å². The van der Waals surface area contributed by atoms with Crippen molar-refractivity contribution in [2.45, 2.75) is 40.0 Å². The molecular weight excluding hydrogens is 214 g/mol. The predicted molar refractivity (Wildman–Crippen MR) is 69.3 cm³/mol. The standard InChI is InChI=1S/C14H21NO2/c1-5-17-13-7-9(2)12(6-11(13)4)10(3)8-14(15)16/h6-7,10H,5,8H2,1-4H3,(H2,15,16). The minimum Gasteiger partial charge on any atom is -0.494 e. The van der Waals surface area contributed by atoms with Crippen molar-refractivity contribution in [2.75, 3.05) is 6.61 Å². The van der Waals surface area contributed by atoms with Crippen LogP contribution in [0.4, 0.5) is 0 Å². The van der Waals surface area contributed by atoms with Crippen molar-refractivity contribution in [3.05, 3.63) is 28.8 Å². The minimum atomic E-state index is -0.261. The van der Waals surface area contributed by atoms with Crippen LogP contribution in [-0.4, -0.2) is 12.5 Å². The summed E-state index contributed by atoms with van der Waals surface area (Å²) in [4.78, 5) is 10.9. The molecular formula is C14H21NO2. The largest absolute Gasteiger partial charge is 0.494 e. The second-order valence-corrected chi connectivity index (χ2v) is 4.48. The Hall–Kier alpha value is -1.51. The van der Waals surface area contributed by atoms with Crippen LogP contribution in [0.1, 0.15) is 42.9 Å². The third-order valence-electron chi connectivity index (χ3n) is 2.90. The van der Waals surface area contributed by atoms with Gasteiger partial charge in [0.15, 0.2) is 0 Å². The van der Waals surface area contributed by atoms with E-state index in [9.17, 15) is 4.79 Å². The maximum atomic E-state index is 10.9. The van der Waals surface area contributed by atoms with Gasteiger partial charge in [0.2, 0.25) is 5.91 Å². The van der Waals surface area contributed by atoms with Crippen LogP contribution in [-0.2, 0) is 4.79 Å². The van der Waals surface area contributed by atoms with E-state index < -0.39 is 0 Å². The second kappa shape index (κ2) is 5.71. The molecule has 0 saturated carbocycles.